The Bertz CT molecular complexity index is 522. The highest BCUT2D eigenvalue weighted by Gasteiger charge is 2.34. The average molecular weight is 236 g/mol. The van der Waals surface area contributed by atoms with Gasteiger partial charge in [0, 0.05) is 13.0 Å². The first-order valence-corrected chi connectivity index (χ1v) is 5.19. The number of amides is 1. The lowest BCUT2D eigenvalue weighted by atomic mass is 10.1. The second-order valence-electron chi connectivity index (χ2n) is 4.06. The lowest BCUT2D eigenvalue weighted by Gasteiger charge is -2.18. The van der Waals surface area contributed by atoms with Crippen molar-refractivity contribution in [1.82, 2.24) is 0 Å². The van der Waals surface area contributed by atoms with E-state index in [2.05, 4.69) is 0 Å². The van der Waals surface area contributed by atoms with Crippen LogP contribution in [-0.4, -0.2) is 12.5 Å². The van der Waals surface area contributed by atoms with Crippen LogP contribution in [-0.2, 0) is 4.79 Å². The number of carbonyl (C=O) groups excluding carboxylic acids is 1. The molecule has 3 nitrogen and oxygen atoms in total. The van der Waals surface area contributed by atoms with Gasteiger partial charge >= 0.3 is 0 Å². The molecule has 1 aliphatic rings. The minimum absolute atomic E-state index is 0.0172. The quantitative estimate of drug-likeness (QED) is 0.749. The lowest BCUT2D eigenvalue weighted by molar-refractivity contribution is -0.117. The summed E-state index contributed by atoms with van der Waals surface area (Å²) in [5, 5.41) is 8.73. The average Bonchev–Trinajstić information content (AvgIpc) is 2.66. The number of hydrogen-bond donors (Lipinski definition) is 0. The number of anilines is 1. The van der Waals surface area contributed by atoms with Gasteiger partial charge in [0.15, 0.2) is 5.82 Å². The predicted molar refractivity (Wildman–Crippen MR) is 57.2 cm³/mol. The number of carbonyl (C=O) groups is 1. The van der Waals surface area contributed by atoms with Crippen LogP contribution in [0.1, 0.15) is 12.0 Å². The molecule has 17 heavy (non-hydrogen) atoms. The van der Waals surface area contributed by atoms with Gasteiger partial charge in [0.05, 0.1) is 12.0 Å². The van der Waals surface area contributed by atoms with Crippen LogP contribution in [0.5, 0.6) is 0 Å². The Morgan fingerprint density at radius 1 is 1.47 bits per heavy atom. The van der Waals surface area contributed by atoms with Gasteiger partial charge in [0.1, 0.15) is 11.5 Å². The van der Waals surface area contributed by atoms with Crippen LogP contribution in [0, 0.1) is 35.8 Å². The summed E-state index contributed by atoms with van der Waals surface area (Å²) in [6.45, 7) is 1.55. The second kappa shape index (κ2) is 4.13. The van der Waals surface area contributed by atoms with E-state index in [0.717, 1.165) is 11.0 Å². The van der Waals surface area contributed by atoms with E-state index in [1.807, 2.05) is 6.07 Å². The van der Waals surface area contributed by atoms with Gasteiger partial charge < -0.3 is 4.90 Å². The van der Waals surface area contributed by atoms with Crippen molar-refractivity contribution < 1.29 is 13.6 Å². The van der Waals surface area contributed by atoms with Gasteiger partial charge in [-0.05, 0) is 18.6 Å². The molecule has 1 unspecified atom stereocenters. The van der Waals surface area contributed by atoms with E-state index in [4.69, 9.17) is 5.26 Å². The van der Waals surface area contributed by atoms with Gasteiger partial charge in [-0.15, -0.1) is 0 Å². The summed E-state index contributed by atoms with van der Waals surface area (Å²) in [7, 11) is 0. The zero-order valence-electron chi connectivity index (χ0n) is 9.20. The van der Waals surface area contributed by atoms with Crippen LogP contribution in [0.4, 0.5) is 14.5 Å². The van der Waals surface area contributed by atoms with Gasteiger partial charge in [0.2, 0.25) is 5.91 Å². The van der Waals surface area contributed by atoms with Crippen LogP contribution in [0.2, 0.25) is 0 Å². The van der Waals surface area contributed by atoms with Crippen LogP contribution < -0.4 is 4.90 Å². The Kier molecular flexibility index (Phi) is 2.80. The van der Waals surface area contributed by atoms with E-state index in [1.165, 1.54) is 13.0 Å². The first kappa shape index (κ1) is 11.5. The number of benzene rings is 1. The highest BCUT2D eigenvalue weighted by atomic mass is 19.1. The Labute approximate surface area is 97.3 Å². The summed E-state index contributed by atoms with van der Waals surface area (Å²) in [6.07, 6.45) is 0.0172. The van der Waals surface area contributed by atoms with Crippen LogP contribution >= 0.6 is 0 Å². The van der Waals surface area contributed by atoms with Crippen molar-refractivity contribution in [2.24, 2.45) is 5.92 Å². The van der Waals surface area contributed by atoms with Crippen molar-refractivity contribution >= 4 is 11.6 Å². The molecule has 0 saturated carbocycles. The number of nitriles is 1. The number of halogens is 2. The maximum atomic E-state index is 13.8. The third-order valence-corrected chi connectivity index (χ3v) is 2.84. The number of nitrogens with zero attached hydrogens (tertiary/aromatic N) is 2. The third kappa shape index (κ3) is 1.86. The molecule has 0 aliphatic carbocycles. The molecule has 0 radical (unpaired) electrons. The molecule has 1 saturated heterocycles. The monoisotopic (exact) mass is 236 g/mol. The van der Waals surface area contributed by atoms with Crippen LogP contribution in [0.3, 0.4) is 0 Å². The van der Waals surface area contributed by atoms with Crippen LogP contribution in [0.25, 0.3) is 0 Å². The van der Waals surface area contributed by atoms with E-state index in [1.54, 1.807) is 0 Å². The standard InChI is InChI=1S/C12H10F2N2O/c1-7-2-3-9(13)12(11(7)14)16-6-8(5-15)4-10(16)17/h2-3,8H,4,6H2,1H3. The van der Waals surface area contributed by atoms with Gasteiger partial charge in [-0.3, -0.25) is 4.79 Å². The number of rotatable bonds is 1. The summed E-state index contributed by atoms with van der Waals surface area (Å²) in [5.41, 5.74) is -0.0673. The van der Waals surface area contributed by atoms with Crippen molar-refractivity contribution in [3.8, 4) is 6.07 Å². The van der Waals surface area contributed by atoms with Gasteiger partial charge in [-0.1, -0.05) is 6.07 Å². The van der Waals surface area contributed by atoms with E-state index >= 15 is 0 Å². The Morgan fingerprint density at radius 3 is 2.76 bits per heavy atom. The predicted octanol–water partition coefficient (Wildman–Crippen LogP) is 2.15. The zero-order valence-corrected chi connectivity index (χ0v) is 9.20. The molecule has 1 aromatic rings. The minimum atomic E-state index is -0.778. The first-order valence-electron chi connectivity index (χ1n) is 5.19. The summed E-state index contributed by atoms with van der Waals surface area (Å²) in [6, 6.07) is 4.38. The molecule has 1 fully saturated rings. The molecule has 0 N–H and O–H groups in total. The summed E-state index contributed by atoms with van der Waals surface area (Å²) in [5.74, 6) is -2.43. The smallest absolute Gasteiger partial charge is 0.228 e. The van der Waals surface area contributed by atoms with Crippen LogP contribution in [0.15, 0.2) is 12.1 Å². The fourth-order valence-electron chi connectivity index (χ4n) is 1.90. The first-order chi connectivity index (χ1) is 8.04. The van der Waals surface area contributed by atoms with E-state index < -0.39 is 23.5 Å². The highest BCUT2D eigenvalue weighted by Crippen LogP contribution is 2.31. The summed E-state index contributed by atoms with van der Waals surface area (Å²) >= 11 is 0. The third-order valence-electron chi connectivity index (χ3n) is 2.84. The molecule has 88 valence electrons. The Morgan fingerprint density at radius 2 is 2.18 bits per heavy atom. The normalized spacial score (nSPS) is 19.5. The van der Waals surface area contributed by atoms with Gasteiger partial charge in [0.25, 0.3) is 0 Å². The van der Waals surface area contributed by atoms with E-state index in [0.29, 0.717) is 0 Å². The summed E-state index contributed by atoms with van der Waals surface area (Å²) in [4.78, 5) is 12.6. The molecule has 1 aromatic carbocycles. The molecule has 0 spiro atoms. The number of hydrogen-bond acceptors (Lipinski definition) is 2. The highest BCUT2D eigenvalue weighted by molar-refractivity contribution is 5.96. The molecule has 2 rings (SSSR count). The Hall–Kier alpha value is -1.96. The molecule has 1 heterocycles. The van der Waals surface area contributed by atoms with Gasteiger partial charge in [-0.2, -0.15) is 5.26 Å². The molecular weight excluding hydrogens is 226 g/mol. The molecular formula is C12H10F2N2O. The van der Waals surface area contributed by atoms with Crippen molar-refractivity contribution in [2.75, 3.05) is 11.4 Å². The summed E-state index contributed by atoms with van der Waals surface area (Å²) < 4.78 is 27.4. The van der Waals surface area contributed by atoms with Crippen molar-refractivity contribution in [3.63, 3.8) is 0 Å². The largest absolute Gasteiger partial charge is 0.306 e. The van der Waals surface area contributed by atoms with E-state index in [-0.39, 0.29) is 24.2 Å². The van der Waals surface area contributed by atoms with E-state index in [9.17, 15) is 13.6 Å². The fraction of sp³-hybridized carbons (Fsp3) is 0.333. The molecule has 1 amide bonds. The maximum Gasteiger partial charge on any atom is 0.228 e. The molecule has 0 bridgehead atoms. The molecule has 0 aromatic heterocycles. The Balaban J connectivity index is 2.45. The molecule has 1 aliphatic heterocycles. The number of aryl methyl sites for hydroxylation is 1. The SMILES string of the molecule is Cc1ccc(F)c(N2CC(C#N)CC2=O)c1F. The molecule has 5 heteroatoms. The second-order valence-corrected chi connectivity index (χ2v) is 4.06. The lowest BCUT2D eigenvalue weighted by Crippen LogP contribution is -2.26. The van der Waals surface area contributed by atoms with Crippen molar-refractivity contribution in [1.29, 1.82) is 5.26 Å². The van der Waals surface area contributed by atoms with Crippen molar-refractivity contribution in [3.05, 3.63) is 29.3 Å². The van der Waals surface area contributed by atoms with Crippen molar-refractivity contribution in [2.45, 2.75) is 13.3 Å². The molecule has 1 atom stereocenters. The van der Waals surface area contributed by atoms with Gasteiger partial charge in [-0.25, -0.2) is 8.78 Å². The topological polar surface area (TPSA) is 44.1 Å². The zero-order chi connectivity index (χ0) is 12.6. The maximum absolute atomic E-state index is 13.8. The minimum Gasteiger partial charge on any atom is -0.306 e. The fourth-order valence-corrected chi connectivity index (χ4v) is 1.90.